The summed E-state index contributed by atoms with van der Waals surface area (Å²) in [6.45, 7) is 6.59. The highest BCUT2D eigenvalue weighted by Crippen LogP contribution is 2.13. The Balaban J connectivity index is 2.49. The number of nitrogens with one attached hydrogen (secondary N) is 1. The van der Waals surface area contributed by atoms with Crippen LogP contribution in [0.3, 0.4) is 0 Å². The van der Waals surface area contributed by atoms with E-state index in [0.29, 0.717) is 6.61 Å². The van der Waals surface area contributed by atoms with Crippen molar-refractivity contribution in [3.05, 3.63) is 29.8 Å². The van der Waals surface area contributed by atoms with Crippen LogP contribution in [0.4, 0.5) is 5.69 Å². The van der Waals surface area contributed by atoms with Gasteiger partial charge in [-0.3, -0.25) is 4.79 Å². The third-order valence-electron chi connectivity index (χ3n) is 2.86. The van der Waals surface area contributed by atoms with Crippen LogP contribution >= 0.6 is 0 Å². The number of benzene rings is 1. The zero-order chi connectivity index (χ0) is 14.5. The molecule has 0 unspecified atom stereocenters. The number of rotatable bonds is 6. The van der Waals surface area contributed by atoms with Crippen LogP contribution in [0.1, 0.15) is 26.3 Å². The van der Waals surface area contributed by atoms with Gasteiger partial charge in [0.2, 0.25) is 0 Å². The van der Waals surface area contributed by atoms with Crippen molar-refractivity contribution < 1.29 is 9.53 Å². The average molecular weight is 264 g/mol. The summed E-state index contributed by atoms with van der Waals surface area (Å²) in [4.78, 5) is 12.9. The van der Waals surface area contributed by atoms with E-state index < -0.39 is 0 Å². The van der Waals surface area contributed by atoms with Crippen LogP contribution in [0.5, 0.6) is 0 Å². The maximum atomic E-state index is 10.8. The third-order valence-corrected chi connectivity index (χ3v) is 2.86. The van der Waals surface area contributed by atoms with E-state index in [2.05, 4.69) is 34.5 Å². The molecule has 1 aromatic carbocycles. The average Bonchev–Trinajstić information content (AvgIpc) is 2.35. The molecule has 0 heterocycles. The summed E-state index contributed by atoms with van der Waals surface area (Å²) in [6, 6.07) is 8.39. The largest absolute Gasteiger partial charge is 0.464 e. The standard InChI is InChI=1S/C15H24N2O2/c1-12(18)19-11-15(2,3)16-10-13-6-8-14(9-7-13)17(4)5/h6-9,16H,10-11H2,1-5H3. The van der Waals surface area contributed by atoms with Crippen LogP contribution in [0.15, 0.2) is 24.3 Å². The van der Waals surface area contributed by atoms with E-state index in [0.717, 1.165) is 6.54 Å². The molecule has 0 aliphatic carbocycles. The van der Waals surface area contributed by atoms with Crippen LogP contribution in [-0.4, -0.2) is 32.2 Å². The second kappa shape index (κ2) is 6.57. The molecule has 0 amide bonds. The predicted octanol–water partition coefficient (Wildman–Crippen LogP) is 2.18. The molecular weight excluding hydrogens is 240 g/mol. The highest BCUT2D eigenvalue weighted by atomic mass is 16.5. The van der Waals surface area contributed by atoms with E-state index in [1.54, 1.807) is 0 Å². The number of anilines is 1. The summed E-state index contributed by atoms with van der Waals surface area (Å²) >= 11 is 0. The first kappa shape index (κ1) is 15.5. The Kier molecular flexibility index (Phi) is 5.36. The van der Waals surface area contributed by atoms with Gasteiger partial charge in [-0.1, -0.05) is 12.1 Å². The first-order valence-corrected chi connectivity index (χ1v) is 6.45. The molecule has 0 aromatic heterocycles. The molecule has 0 radical (unpaired) electrons. The molecule has 1 aromatic rings. The van der Waals surface area contributed by atoms with Gasteiger partial charge >= 0.3 is 5.97 Å². The van der Waals surface area contributed by atoms with Gasteiger partial charge < -0.3 is 15.0 Å². The van der Waals surface area contributed by atoms with Crippen LogP contribution in [0.2, 0.25) is 0 Å². The van der Waals surface area contributed by atoms with Gasteiger partial charge in [0.1, 0.15) is 6.61 Å². The molecule has 4 nitrogen and oxygen atoms in total. The number of carbonyl (C=O) groups is 1. The number of nitrogens with zero attached hydrogens (tertiary/aromatic N) is 1. The Bertz CT molecular complexity index is 411. The van der Waals surface area contributed by atoms with Crippen molar-refractivity contribution in [1.82, 2.24) is 5.32 Å². The molecule has 1 N–H and O–H groups in total. The fraction of sp³-hybridized carbons (Fsp3) is 0.533. The molecule has 0 aliphatic heterocycles. The second-order valence-corrected chi connectivity index (χ2v) is 5.58. The van der Waals surface area contributed by atoms with Gasteiger partial charge in [-0.25, -0.2) is 0 Å². The lowest BCUT2D eigenvalue weighted by molar-refractivity contribution is -0.142. The van der Waals surface area contributed by atoms with E-state index in [1.165, 1.54) is 18.2 Å². The molecule has 106 valence electrons. The number of hydrogen-bond acceptors (Lipinski definition) is 4. The first-order chi connectivity index (χ1) is 8.80. The van der Waals surface area contributed by atoms with Gasteiger partial charge in [-0.15, -0.1) is 0 Å². The topological polar surface area (TPSA) is 41.6 Å². The number of hydrogen-bond donors (Lipinski definition) is 1. The van der Waals surface area contributed by atoms with Crippen LogP contribution in [-0.2, 0) is 16.1 Å². The van der Waals surface area contributed by atoms with Crippen molar-refractivity contribution in [2.45, 2.75) is 32.9 Å². The van der Waals surface area contributed by atoms with E-state index in [-0.39, 0.29) is 11.5 Å². The van der Waals surface area contributed by atoms with Crippen LogP contribution < -0.4 is 10.2 Å². The molecule has 0 atom stereocenters. The SMILES string of the molecule is CC(=O)OCC(C)(C)NCc1ccc(N(C)C)cc1. The van der Waals surface area contributed by atoms with E-state index >= 15 is 0 Å². The summed E-state index contributed by atoms with van der Waals surface area (Å²) < 4.78 is 5.04. The molecule has 0 saturated heterocycles. The fourth-order valence-electron chi connectivity index (χ4n) is 1.59. The molecule has 0 aliphatic rings. The summed E-state index contributed by atoms with van der Waals surface area (Å²) in [7, 11) is 4.05. The zero-order valence-corrected chi connectivity index (χ0v) is 12.5. The van der Waals surface area contributed by atoms with Gasteiger partial charge in [0, 0.05) is 38.8 Å². The Morgan fingerprint density at radius 2 is 1.84 bits per heavy atom. The van der Waals surface area contributed by atoms with Gasteiger partial charge in [0.15, 0.2) is 0 Å². The van der Waals surface area contributed by atoms with Gasteiger partial charge in [-0.2, -0.15) is 0 Å². The lowest BCUT2D eigenvalue weighted by Crippen LogP contribution is -2.43. The number of ether oxygens (including phenoxy) is 1. The number of carbonyl (C=O) groups excluding carboxylic acids is 1. The van der Waals surface area contributed by atoms with Crippen molar-refractivity contribution in [3.63, 3.8) is 0 Å². The van der Waals surface area contributed by atoms with Crippen molar-refractivity contribution in [2.24, 2.45) is 0 Å². The Labute approximate surface area is 115 Å². The molecule has 19 heavy (non-hydrogen) atoms. The lowest BCUT2D eigenvalue weighted by atomic mass is 10.1. The molecular formula is C15H24N2O2. The highest BCUT2D eigenvalue weighted by Gasteiger charge is 2.18. The van der Waals surface area contributed by atoms with E-state index in [1.807, 2.05) is 27.9 Å². The molecule has 0 fully saturated rings. The Hall–Kier alpha value is -1.55. The summed E-state index contributed by atoms with van der Waals surface area (Å²) in [5, 5.41) is 3.39. The Morgan fingerprint density at radius 1 is 1.26 bits per heavy atom. The number of esters is 1. The minimum atomic E-state index is -0.245. The van der Waals surface area contributed by atoms with Gasteiger partial charge in [0.05, 0.1) is 0 Å². The quantitative estimate of drug-likeness (QED) is 0.800. The maximum Gasteiger partial charge on any atom is 0.302 e. The second-order valence-electron chi connectivity index (χ2n) is 5.58. The predicted molar refractivity (Wildman–Crippen MR) is 78.3 cm³/mol. The first-order valence-electron chi connectivity index (χ1n) is 6.45. The van der Waals surface area contributed by atoms with Crippen LogP contribution in [0.25, 0.3) is 0 Å². The third kappa shape index (κ3) is 5.75. The monoisotopic (exact) mass is 264 g/mol. The smallest absolute Gasteiger partial charge is 0.302 e. The normalized spacial score (nSPS) is 11.2. The summed E-state index contributed by atoms with van der Waals surface area (Å²) in [5.74, 6) is -0.245. The fourth-order valence-corrected chi connectivity index (χ4v) is 1.59. The molecule has 4 heteroatoms. The minimum absolute atomic E-state index is 0.230. The van der Waals surface area contributed by atoms with Gasteiger partial charge in [0.25, 0.3) is 0 Å². The summed E-state index contributed by atoms with van der Waals surface area (Å²) in [5.41, 5.74) is 2.16. The summed E-state index contributed by atoms with van der Waals surface area (Å²) in [6.07, 6.45) is 0. The van der Waals surface area contributed by atoms with Crippen molar-refractivity contribution >= 4 is 11.7 Å². The molecule has 1 rings (SSSR count). The highest BCUT2D eigenvalue weighted by molar-refractivity contribution is 5.65. The minimum Gasteiger partial charge on any atom is -0.464 e. The van der Waals surface area contributed by atoms with E-state index in [4.69, 9.17) is 4.74 Å². The maximum absolute atomic E-state index is 10.8. The molecule has 0 spiro atoms. The Morgan fingerprint density at radius 3 is 2.32 bits per heavy atom. The van der Waals surface area contributed by atoms with Gasteiger partial charge in [-0.05, 0) is 31.5 Å². The van der Waals surface area contributed by atoms with Crippen LogP contribution in [0, 0.1) is 0 Å². The molecule has 0 bridgehead atoms. The van der Waals surface area contributed by atoms with E-state index in [9.17, 15) is 4.79 Å². The lowest BCUT2D eigenvalue weighted by Gasteiger charge is -2.25. The van der Waals surface area contributed by atoms with Crippen molar-refractivity contribution in [2.75, 3.05) is 25.6 Å². The zero-order valence-electron chi connectivity index (χ0n) is 12.5. The van der Waals surface area contributed by atoms with Crippen molar-refractivity contribution in [3.8, 4) is 0 Å². The molecule has 0 saturated carbocycles. The van der Waals surface area contributed by atoms with Crippen molar-refractivity contribution in [1.29, 1.82) is 0 Å².